The Hall–Kier alpha value is -2.84. The Kier molecular flexibility index (Phi) is 6.48. The lowest BCUT2D eigenvalue weighted by Gasteiger charge is -2.22. The number of hydrogen-bond donors (Lipinski definition) is 2. The van der Waals surface area contributed by atoms with E-state index in [-0.39, 0.29) is 17.2 Å². The molecule has 2 aromatic carbocycles. The molecule has 8 heteroatoms. The Morgan fingerprint density at radius 1 is 1.07 bits per heavy atom. The zero-order chi connectivity index (χ0) is 21.9. The van der Waals surface area contributed by atoms with E-state index in [2.05, 4.69) is 10.3 Å². The Labute approximate surface area is 177 Å². The van der Waals surface area contributed by atoms with Crippen LogP contribution in [0.2, 0.25) is 0 Å². The topological polar surface area (TPSA) is 85.5 Å². The Balaban J connectivity index is 1.90. The summed E-state index contributed by atoms with van der Waals surface area (Å²) in [4.78, 5) is 18.0. The molecule has 2 N–H and O–H groups in total. The molecule has 0 saturated carbocycles. The van der Waals surface area contributed by atoms with Crippen LogP contribution in [0.15, 0.2) is 53.6 Å². The number of H-pyrrole nitrogens is 1. The first-order chi connectivity index (χ1) is 14.3. The van der Waals surface area contributed by atoms with Gasteiger partial charge in [-0.2, -0.15) is 4.31 Å². The van der Waals surface area contributed by atoms with Crippen LogP contribution in [0.1, 0.15) is 19.4 Å². The minimum absolute atomic E-state index is 0.166. The van der Waals surface area contributed by atoms with Crippen molar-refractivity contribution in [2.45, 2.75) is 25.2 Å². The molecule has 3 aromatic rings. The van der Waals surface area contributed by atoms with Crippen molar-refractivity contribution in [2.75, 3.05) is 37.4 Å². The summed E-state index contributed by atoms with van der Waals surface area (Å²) < 4.78 is 27.2. The van der Waals surface area contributed by atoms with Gasteiger partial charge in [0.05, 0.1) is 22.7 Å². The molecule has 1 amide bonds. The highest BCUT2D eigenvalue weighted by atomic mass is 32.2. The van der Waals surface area contributed by atoms with Gasteiger partial charge in [0, 0.05) is 44.3 Å². The van der Waals surface area contributed by atoms with Crippen molar-refractivity contribution in [2.24, 2.45) is 0 Å². The average molecular weight is 429 g/mol. The van der Waals surface area contributed by atoms with Crippen LogP contribution in [-0.2, 0) is 21.2 Å². The second-order valence-electron chi connectivity index (χ2n) is 7.25. The predicted octanol–water partition coefficient (Wildman–Crippen LogP) is 3.45. The fourth-order valence-electron chi connectivity index (χ4n) is 3.52. The number of hydrogen-bond acceptors (Lipinski definition) is 4. The predicted molar refractivity (Wildman–Crippen MR) is 122 cm³/mol. The van der Waals surface area contributed by atoms with E-state index in [4.69, 9.17) is 0 Å². The number of fused-ring (bicyclic) bond motifs is 1. The molecule has 1 aromatic heterocycles. The minimum Gasteiger partial charge on any atom is -0.376 e. The number of carbonyl (C=O) groups excluding carboxylic acids is 1. The molecule has 30 heavy (non-hydrogen) atoms. The van der Waals surface area contributed by atoms with Gasteiger partial charge >= 0.3 is 0 Å². The first kappa shape index (κ1) is 21.9. The van der Waals surface area contributed by atoms with Crippen LogP contribution in [0.25, 0.3) is 10.9 Å². The maximum absolute atomic E-state index is 12.9. The van der Waals surface area contributed by atoms with E-state index in [1.165, 1.54) is 10.4 Å². The third-order valence-corrected chi connectivity index (χ3v) is 7.14. The fraction of sp³-hybridized carbons (Fsp3) is 0.318. The van der Waals surface area contributed by atoms with Crippen molar-refractivity contribution >= 4 is 38.2 Å². The van der Waals surface area contributed by atoms with E-state index in [0.29, 0.717) is 18.8 Å². The lowest BCUT2D eigenvalue weighted by atomic mass is 10.1. The molecule has 0 bridgehead atoms. The summed E-state index contributed by atoms with van der Waals surface area (Å²) >= 11 is 0. The number of carbonyl (C=O) groups is 1. The molecule has 0 atom stereocenters. The van der Waals surface area contributed by atoms with E-state index in [1.807, 2.05) is 49.5 Å². The molecule has 7 nitrogen and oxygen atoms in total. The van der Waals surface area contributed by atoms with Crippen LogP contribution < -0.4 is 10.2 Å². The van der Waals surface area contributed by atoms with Gasteiger partial charge in [0.2, 0.25) is 15.9 Å². The van der Waals surface area contributed by atoms with E-state index >= 15 is 0 Å². The molecule has 0 spiro atoms. The van der Waals surface area contributed by atoms with Gasteiger partial charge in [-0.15, -0.1) is 0 Å². The maximum atomic E-state index is 12.9. The highest BCUT2D eigenvalue weighted by Crippen LogP contribution is 2.29. The molecular weight excluding hydrogens is 400 g/mol. The summed E-state index contributed by atoms with van der Waals surface area (Å²) in [7, 11) is 0.0786. The Bertz CT molecular complexity index is 1150. The van der Waals surface area contributed by atoms with E-state index in [9.17, 15) is 13.2 Å². The number of anilines is 2. The zero-order valence-electron chi connectivity index (χ0n) is 17.8. The third-order valence-electron chi connectivity index (χ3n) is 5.09. The van der Waals surface area contributed by atoms with Crippen molar-refractivity contribution in [3.63, 3.8) is 0 Å². The molecule has 0 aliphatic rings. The zero-order valence-corrected chi connectivity index (χ0v) is 18.6. The SMILES string of the molecule is CCN(CC)S(=O)(=O)c1ccc(N(C)C)c(NC(=O)Cc2c[nH]c3ccccc23)c1. The Morgan fingerprint density at radius 2 is 1.77 bits per heavy atom. The molecule has 3 rings (SSSR count). The second kappa shape index (κ2) is 8.89. The smallest absolute Gasteiger partial charge is 0.243 e. The summed E-state index contributed by atoms with van der Waals surface area (Å²) in [6.45, 7) is 4.38. The lowest BCUT2D eigenvalue weighted by Crippen LogP contribution is -2.30. The molecule has 0 unspecified atom stereocenters. The van der Waals surface area contributed by atoms with Crippen molar-refractivity contribution in [1.29, 1.82) is 0 Å². The number of para-hydroxylation sites is 1. The quantitative estimate of drug-likeness (QED) is 0.575. The average Bonchev–Trinajstić information content (AvgIpc) is 3.11. The van der Waals surface area contributed by atoms with Crippen LogP contribution >= 0.6 is 0 Å². The first-order valence-electron chi connectivity index (χ1n) is 9.94. The number of benzene rings is 2. The van der Waals surface area contributed by atoms with Gasteiger partial charge in [0.1, 0.15) is 0 Å². The van der Waals surface area contributed by atoms with Gasteiger partial charge in [0.25, 0.3) is 0 Å². The third kappa shape index (κ3) is 4.34. The first-order valence-corrected chi connectivity index (χ1v) is 11.4. The summed E-state index contributed by atoms with van der Waals surface area (Å²) in [5.41, 5.74) is 3.07. The number of amides is 1. The molecule has 0 saturated heterocycles. The summed E-state index contributed by atoms with van der Waals surface area (Å²) in [6.07, 6.45) is 2.02. The standard InChI is InChI=1S/C22H28N4O3S/c1-5-26(6-2)30(28,29)17-11-12-21(25(3)4)20(14-17)24-22(27)13-16-15-23-19-10-8-7-9-18(16)19/h7-12,14-15,23H,5-6,13H2,1-4H3,(H,24,27). The molecule has 0 fully saturated rings. The summed E-state index contributed by atoms with van der Waals surface area (Å²) in [6, 6.07) is 12.6. The second-order valence-corrected chi connectivity index (χ2v) is 9.19. The van der Waals surface area contributed by atoms with Gasteiger partial charge in [-0.1, -0.05) is 32.0 Å². The van der Waals surface area contributed by atoms with E-state index in [0.717, 1.165) is 22.2 Å². The van der Waals surface area contributed by atoms with Gasteiger partial charge in [-0.25, -0.2) is 8.42 Å². The molecule has 1 heterocycles. The molecular formula is C22H28N4O3S. The monoisotopic (exact) mass is 428 g/mol. The van der Waals surface area contributed by atoms with Crippen LogP contribution in [0.5, 0.6) is 0 Å². The van der Waals surface area contributed by atoms with Crippen LogP contribution in [0.3, 0.4) is 0 Å². The van der Waals surface area contributed by atoms with E-state index < -0.39 is 10.0 Å². The molecule has 0 aliphatic heterocycles. The fourth-order valence-corrected chi connectivity index (χ4v) is 5.01. The van der Waals surface area contributed by atoms with Gasteiger partial charge in [0.15, 0.2) is 0 Å². The number of nitrogens with one attached hydrogen (secondary N) is 2. The number of sulfonamides is 1. The highest BCUT2D eigenvalue weighted by Gasteiger charge is 2.23. The molecule has 0 radical (unpaired) electrons. The lowest BCUT2D eigenvalue weighted by molar-refractivity contribution is -0.115. The minimum atomic E-state index is -3.62. The Morgan fingerprint density at radius 3 is 2.43 bits per heavy atom. The van der Waals surface area contributed by atoms with Crippen LogP contribution in [0.4, 0.5) is 11.4 Å². The highest BCUT2D eigenvalue weighted by molar-refractivity contribution is 7.89. The van der Waals surface area contributed by atoms with Crippen LogP contribution in [-0.4, -0.2) is 50.8 Å². The maximum Gasteiger partial charge on any atom is 0.243 e. The van der Waals surface area contributed by atoms with Crippen molar-refractivity contribution in [3.05, 3.63) is 54.2 Å². The molecule has 160 valence electrons. The number of nitrogens with zero attached hydrogens (tertiary/aromatic N) is 2. The van der Waals surface area contributed by atoms with E-state index in [1.54, 1.807) is 26.0 Å². The number of aromatic nitrogens is 1. The normalized spacial score (nSPS) is 11.8. The van der Waals surface area contributed by atoms with Gasteiger partial charge < -0.3 is 15.2 Å². The largest absolute Gasteiger partial charge is 0.376 e. The number of rotatable bonds is 8. The van der Waals surface area contributed by atoms with Gasteiger partial charge in [-0.05, 0) is 29.8 Å². The van der Waals surface area contributed by atoms with Gasteiger partial charge in [-0.3, -0.25) is 4.79 Å². The van der Waals surface area contributed by atoms with Crippen molar-refractivity contribution < 1.29 is 13.2 Å². The number of aromatic amines is 1. The molecule has 0 aliphatic carbocycles. The summed E-state index contributed by atoms with van der Waals surface area (Å²) in [5.74, 6) is -0.208. The van der Waals surface area contributed by atoms with Crippen LogP contribution in [0, 0.1) is 0 Å². The summed E-state index contributed by atoms with van der Waals surface area (Å²) in [5, 5.41) is 3.90. The van der Waals surface area contributed by atoms with Crippen molar-refractivity contribution in [1.82, 2.24) is 9.29 Å². The van der Waals surface area contributed by atoms with Crippen molar-refractivity contribution in [3.8, 4) is 0 Å².